The van der Waals surface area contributed by atoms with Gasteiger partial charge in [0.2, 0.25) is 0 Å². The van der Waals surface area contributed by atoms with E-state index >= 15 is 0 Å². The van der Waals surface area contributed by atoms with Gasteiger partial charge < -0.3 is 13.9 Å². The minimum atomic E-state index is -0.627. The first kappa shape index (κ1) is 13.5. The van der Waals surface area contributed by atoms with E-state index in [1.165, 1.54) is 12.1 Å². The molecule has 0 saturated carbocycles. The molecule has 0 radical (unpaired) electrons. The number of halogens is 2. The average Bonchev–Trinajstić information content (AvgIpc) is 2.82. The first-order valence-electron chi connectivity index (χ1n) is 5.35. The summed E-state index contributed by atoms with van der Waals surface area (Å²) in [5.74, 6) is -1.26. The van der Waals surface area contributed by atoms with Crippen molar-refractivity contribution in [2.75, 3.05) is 6.61 Å². The molecule has 5 nitrogen and oxygen atoms in total. The summed E-state index contributed by atoms with van der Waals surface area (Å²) >= 11 is 3.13. The first-order valence-corrected chi connectivity index (χ1v) is 6.15. The first-order chi connectivity index (χ1) is 9.10. The highest BCUT2D eigenvalue weighted by atomic mass is 79.9. The molecule has 0 aliphatic rings. The summed E-state index contributed by atoms with van der Waals surface area (Å²) in [5.41, 5.74) is -0.0330. The fourth-order valence-electron chi connectivity index (χ4n) is 1.25. The molecule has 100 valence electrons. The van der Waals surface area contributed by atoms with Gasteiger partial charge in [-0.15, -0.1) is 0 Å². The molecule has 7 heteroatoms. The smallest absolute Gasteiger partial charge is 0.400 e. The number of carbonyl (C=O) groups is 1. The lowest BCUT2D eigenvalue weighted by molar-refractivity contribution is 0.0519. The van der Waals surface area contributed by atoms with Gasteiger partial charge in [-0.2, -0.15) is 4.98 Å². The summed E-state index contributed by atoms with van der Waals surface area (Å²) in [7, 11) is 0. The SMILES string of the molecule is CCOC(=O)c1coc(Oc2ccc(Br)cc2F)n1. The minimum Gasteiger partial charge on any atom is -0.461 e. The maximum absolute atomic E-state index is 13.5. The molecule has 2 aromatic rings. The van der Waals surface area contributed by atoms with Crippen LogP contribution in [0.2, 0.25) is 0 Å². The van der Waals surface area contributed by atoms with Gasteiger partial charge in [-0.05, 0) is 25.1 Å². The molecule has 1 aromatic heterocycles. The molecule has 0 aliphatic carbocycles. The number of nitrogens with zero attached hydrogens (tertiary/aromatic N) is 1. The van der Waals surface area contributed by atoms with Crippen molar-refractivity contribution in [3.8, 4) is 11.8 Å². The van der Waals surface area contributed by atoms with Crippen molar-refractivity contribution >= 4 is 21.9 Å². The van der Waals surface area contributed by atoms with E-state index in [0.29, 0.717) is 4.47 Å². The van der Waals surface area contributed by atoms with Crippen LogP contribution in [0, 0.1) is 5.82 Å². The van der Waals surface area contributed by atoms with Gasteiger partial charge in [0.05, 0.1) is 6.61 Å². The number of carbonyl (C=O) groups excluding carboxylic acids is 1. The molecule has 1 heterocycles. The largest absolute Gasteiger partial charge is 0.461 e. The highest BCUT2D eigenvalue weighted by Gasteiger charge is 2.15. The lowest BCUT2D eigenvalue weighted by Gasteiger charge is -2.01. The molecule has 0 bridgehead atoms. The summed E-state index contributed by atoms with van der Waals surface area (Å²) in [6.45, 7) is 1.90. The molecule has 0 amide bonds. The number of aromatic nitrogens is 1. The van der Waals surface area contributed by atoms with Crippen molar-refractivity contribution in [2.24, 2.45) is 0 Å². The van der Waals surface area contributed by atoms with Crippen molar-refractivity contribution in [3.05, 3.63) is 40.4 Å². The molecule has 1 aromatic carbocycles. The number of hydrogen-bond acceptors (Lipinski definition) is 5. The van der Waals surface area contributed by atoms with Crippen LogP contribution in [-0.4, -0.2) is 17.6 Å². The Labute approximate surface area is 116 Å². The Bertz CT molecular complexity index is 599. The lowest BCUT2D eigenvalue weighted by atomic mass is 10.3. The van der Waals surface area contributed by atoms with E-state index in [-0.39, 0.29) is 24.1 Å². The summed E-state index contributed by atoms with van der Waals surface area (Å²) in [5, 5.41) is 0. The molecule has 0 atom stereocenters. The van der Waals surface area contributed by atoms with Crippen LogP contribution in [0.25, 0.3) is 0 Å². The number of oxazole rings is 1. The standard InChI is InChI=1S/C12H9BrFNO4/c1-2-17-11(16)9-6-18-12(15-9)19-10-4-3-7(13)5-8(10)14/h3-6H,2H2,1H3. The number of rotatable bonds is 4. The Morgan fingerprint density at radius 1 is 1.53 bits per heavy atom. The van der Waals surface area contributed by atoms with Crippen LogP contribution in [0.1, 0.15) is 17.4 Å². The molecule has 0 spiro atoms. The number of benzene rings is 1. The maximum Gasteiger partial charge on any atom is 0.400 e. The van der Waals surface area contributed by atoms with Crippen LogP contribution in [0.3, 0.4) is 0 Å². The van der Waals surface area contributed by atoms with E-state index in [9.17, 15) is 9.18 Å². The fraction of sp³-hybridized carbons (Fsp3) is 0.167. The molecule has 0 aliphatic heterocycles. The summed E-state index contributed by atoms with van der Waals surface area (Å²) in [6, 6.07) is 4.26. The van der Waals surface area contributed by atoms with Crippen LogP contribution >= 0.6 is 15.9 Å². The quantitative estimate of drug-likeness (QED) is 0.803. The zero-order valence-corrected chi connectivity index (χ0v) is 11.4. The predicted molar refractivity (Wildman–Crippen MR) is 66.6 cm³/mol. The van der Waals surface area contributed by atoms with Gasteiger partial charge >= 0.3 is 12.0 Å². The predicted octanol–water partition coefficient (Wildman–Crippen LogP) is 3.55. The van der Waals surface area contributed by atoms with E-state index in [4.69, 9.17) is 13.9 Å². The van der Waals surface area contributed by atoms with Crippen molar-refractivity contribution in [1.29, 1.82) is 0 Å². The summed E-state index contributed by atoms with van der Waals surface area (Å²) in [4.78, 5) is 15.1. The third kappa shape index (κ3) is 3.31. The van der Waals surface area contributed by atoms with E-state index in [2.05, 4.69) is 20.9 Å². The molecular formula is C12H9BrFNO4. The number of hydrogen-bond donors (Lipinski definition) is 0. The van der Waals surface area contributed by atoms with Gasteiger partial charge in [0, 0.05) is 4.47 Å². The van der Waals surface area contributed by atoms with Crippen molar-refractivity contribution in [1.82, 2.24) is 4.98 Å². The molecule has 19 heavy (non-hydrogen) atoms. The van der Waals surface area contributed by atoms with Gasteiger partial charge in [0.25, 0.3) is 0 Å². The molecule has 0 saturated heterocycles. The third-order valence-electron chi connectivity index (χ3n) is 2.06. The zero-order valence-electron chi connectivity index (χ0n) is 9.85. The average molecular weight is 330 g/mol. The highest BCUT2D eigenvalue weighted by Crippen LogP contribution is 2.26. The Morgan fingerprint density at radius 3 is 3.00 bits per heavy atom. The van der Waals surface area contributed by atoms with Gasteiger partial charge in [-0.3, -0.25) is 0 Å². The maximum atomic E-state index is 13.5. The van der Waals surface area contributed by atoms with Gasteiger partial charge in [0.1, 0.15) is 6.26 Å². The second-order valence-electron chi connectivity index (χ2n) is 3.40. The number of esters is 1. The zero-order chi connectivity index (χ0) is 13.8. The van der Waals surface area contributed by atoms with Crippen molar-refractivity contribution in [2.45, 2.75) is 6.92 Å². The topological polar surface area (TPSA) is 61.6 Å². The van der Waals surface area contributed by atoms with Crippen molar-refractivity contribution in [3.63, 3.8) is 0 Å². The van der Waals surface area contributed by atoms with Crippen LogP contribution in [-0.2, 0) is 4.74 Å². The monoisotopic (exact) mass is 329 g/mol. The van der Waals surface area contributed by atoms with Gasteiger partial charge in [-0.25, -0.2) is 9.18 Å². The summed E-state index contributed by atoms with van der Waals surface area (Å²) in [6.07, 6.45) is 0.855. The Kier molecular flexibility index (Phi) is 4.16. The Hall–Kier alpha value is -1.89. The van der Waals surface area contributed by atoms with Crippen LogP contribution in [0.15, 0.2) is 33.4 Å². The van der Waals surface area contributed by atoms with Crippen molar-refractivity contribution < 1.29 is 23.1 Å². The third-order valence-corrected chi connectivity index (χ3v) is 2.55. The molecule has 0 unspecified atom stereocenters. The molecular weight excluding hydrogens is 321 g/mol. The van der Waals surface area contributed by atoms with Crippen LogP contribution in [0.5, 0.6) is 11.8 Å². The Balaban J connectivity index is 2.13. The second kappa shape index (κ2) is 5.83. The molecule has 2 rings (SSSR count). The number of ether oxygens (including phenoxy) is 2. The van der Waals surface area contributed by atoms with E-state index in [1.54, 1.807) is 13.0 Å². The molecule has 0 N–H and O–H groups in total. The van der Waals surface area contributed by atoms with E-state index in [0.717, 1.165) is 6.26 Å². The van der Waals surface area contributed by atoms with Gasteiger partial charge in [0.15, 0.2) is 17.3 Å². The minimum absolute atomic E-state index is 0.0330. The van der Waals surface area contributed by atoms with E-state index in [1.807, 2.05) is 0 Å². The van der Waals surface area contributed by atoms with Crippen LogP contribution in [0.4, 0.5) is 4.39 Å². The Morgan fingerprint density at radius 2 is 2.32 bits per heavy atom. The molecule has 0 fully saturated rings. The second-order valence-corrected chi connectivity index (χ2v) is 4.31. The van der Waals surface area contributed by atoms with Crippen LogP contribution < -0.4 is 4.74 Å². The lowest BCUT2D eigenvalue weighted by Crippen LogP contribution is -2.04. The summed E-state index contributed by atoms with van der Waals surface area (Å²) < 4.78 is 28.8. The fourth-order valence-corrected chi connectivity index (χ4v) is 1.59. The van der Waals surface area contributed by atoms with E-state index < -0.39 is 11.8 Å². The normalized spacial score (nSPS) is 10.3. The van der Waals surface area contributed by atoms with Gasteiger partial charge in [-0.1, -0.05) is 15.9 Å². The highest BCUT2D eigenvalue weighted by molar-refractivity contribution is 9.10.